The molecule has 108 heavy (non-hydrogen) atoms. The molecule has 0 aromatic heterocycles. The van der Waals surface area contributed by atoms with Gasteiger partial charge in [-0.25, -0.2) is 9.13 Å². The van der Waals surface area contributed by atoms with Crippen molar-refractivity contribution < 1.29 is 80.2 Å². The highest BCUT2D eigenvalue weighted by atomic mass is 31.2. The van der Waals surface area contributed by atoms with Crippen LogP contribution in [0.1, 0.15) is 297 Å². The summed E-state index contributed by atoms with van der Waals surface area (Å²) < 4.78 is 68.5. The summed E-state index contributed by atoms with van der Waals surface area (Å²) >= 11 is 0. The number of ether oxygens (including phenoxy) is 4. The maximum Gasteiger partial charge on any atom is 0.472 e. The molecule has 0 rings (SSSR count). The maximum atomic E-state index is 13.1. The van der Waals surface area contributed by atoms with Crippen LogP contribution in [0.3, 0.4) is 0 Å². The minimum Gasteiger partial charge on any atom is -0.462 e. The zero-order valence-corrected chi connectivity index (χ0v) is 68.7. The maximum absolute atomic E-state index is 13.1. The molecule has 0 amide bonds. The zero-order chi connectivity index (χ0) is 78.9. The number of aliphatic hydroxyl groups excluding tert-OH is 1. The van der Waals surface area contributed by atoms with Crippen LogP contribution in [0.5, 0.6) is 0 Å². The summed E-state index contributed by atoms with van der Waals surface area (Å²) in [5.41, 5.74) is 0. The number of hydrogen-bond donors (Lipinski definition) is 3. The molecule has 0 fully saturated rings. The minimum absolute atomic E-state index is 0.00517. The Morgan fingerprint density at radius 2 is 0.509 bits per heavy atom. The summed E-state index contributed by atoms with van der Waals surface area (Å²) in [5, 5.41) is 10.7. The molecule has 5 unspecified atom stereocenters. The Morgan fingerprint density at radius 3 is 0.833 bits per heavy atom. The molecule has 0 radical (unpaired) electrons. The Hall–Kier alpha value is -5.84. The number of carbonyl (C=O) groups excluding carboxylic acids is 4. The summed E-state index contributed by atoms with van der Waals surface area (Å²) in [7, 11) is -10.0. The Morgan fingerprint density at radius 1 is 0.269 bits per heavy atom. The highest BCUT2D eigenvalue weighted by molar-refractivity contribution is 7.47. The van der Waals surface area contributed by atoms with Gasteiger partial charge in [0.05, 0.1) is 26.4 Å². The van der Waals surface area contributed by atoms with Crippen molar-refractivity contribution in [3.8, 4) is 0 Å². The molecule has 612 valence electrons. The molecule has 3 N–H and O–H groups in total. The highest BCUT2D eigenvalue weighted by Crippen LogP contribution is 2.45. The van der Waals surface area contributed by atoms with Crippen LogP contribution in [-0.2, 0) is 65.4 Å². The third-order valence-corrected chi connectivity index (χ3v) is 18.3. The number of allylic oxidation sites excluding steroid dienone is 30. The van der Waals surface area contributed by atoms with E-state index in [1.807, 2.05) is 30.4 Å². The van der Waals surface area contributed by atoms with Gasteiger partial charge in [0.1, 0.15) is 19.3 Å². The molecule has 0 heterocycles. The lowest BCUT2D eigenvalue weighted by molar-refractivity contribution is -0.161. The van der Waals surface area contributed by atoms with E-state index < -0.39 is 97.5 Å². The second kappa shape index (κ2) is 79.3. The summed E-state index contributed by atoms with van der Waals surface area (Å²) in [5.74, 6) is -2.36. The summed E-state index contributed by atoms with van der Waals surface area (Å²) in [6.07, 6.45) is 96.0. The van der Waals surface area contributed by atoms with Gasteiger partial charge in [0.15, 0.2) is 12.2 Å². The third kappa shape index (κ3) is 78.3. The van der Waals surface area contributed by atoms with Crippen LogP contribution in [-0.4, -0.2) is 96.7 Å². The molecule has 0 aromatic carbocycles. The van der Waals surface area contributed by atoms with E-state index in [1.165, 1.54) is 51.4 Å². The second-order valence-electron chi connectivity index (χ2n) is 26.6. The van der Waals surface area contributed by atoms with Crippen LogP contribution in [0.4, 0.5) is 0 Å². The summed E-state index contributed by atoms with van der Waals surface area (Å²) in [6.45, 7) is 4.36. The van der Waals surface area contributed by atoms with E-state index in [-0.39, 0.29) is 25.7 Å². The van der Waals surface area contributed by atoms with Gasteiger partial charge in [0.2, 0.25) is 0 Å². The lowest BCUT2D eigenvalue weighted by Gasteiger charge is -2.21. The highest BCUT2D eigenvalue weighted by Gasteiger charge is 2.30. The number of carbonyl (C=O) groups is 4. The van der Waals surface area contributed by atoms with Gasteiger partial charge in [-0.1, -0.05) is 313 Å². The van der Waals surface area contributed by atoms with Crippen LogP contribution in [0.2, 0.25) is 0 Å². The van der Waals surface area contributed by atoms with Crippen molar-refractivity contribution in [3.63, 3.8) is 0 Å². The molecular weight excluding hydrogens is 1400 g/mol. The van der Waals surface area contributed by atoms with Gasteiger partial charge in [0, 0.05) is 25.7 Å². The topological polar surface area (TPSA) is 237 Å². The van der Waals surface area contributed by atoms with E-state index in [9.17, 15) is 43.2 Å². The first-order valence-corrected chi connectivity index (χ1v) is 44.0. The molecule has 0 saturated carbocycles. The SMILES string of the molecule is CC/C=C\C/C=C\C/C=C\C/C=C\C/C=C\C/C=C\CCC(=O)OCC(COP(=O)(O)OCC(O)COP(=O)(O)OCC(COC(=O)CCCCCCCC/C=C\C/C=C\C/C=C\C/C=C\CC)OC(=O)CCC/C=C\C/C=C\C/C=C\C/C=C\C/C=C\CC)OC(=O)CCCCCCCCCCCCCCC. The van der Waals surface area contributed by atoms with Gasteiger partial charge in [0.25, 0.3) is 0 Å². The quantitative estimate of drug-likeness (QED) is 0.0169. The fourth-order valence-corrected chi connectivity index (χ4v) is 11.9. The number of unbranched alkanes of at least 4 members (excludes halogenated alkanes) is 19. The van der Waals surface area contributed by atoms with Crippen LogP contribution < -0.4 is 0 Å². The predicted octanol–water partition coefficient (Wildman–Crippen LogP) is 24.3. The van der Waals surface area contributed by atoms with Crippen LogP contribution >= 0.6 is 15.6 Å². The Labute approximate surface area is 654 Å². The van der Waals surface area contributed by atoms with Crippen molar-refractivity contribution in [3.05, 3.63) is 182 Å². The lowest BCUT2D eigenvalue weighted by Crippen LogP contribution is -2.30. The van der Waals surface area contributed by atoms with E-state index in [2.05, 4.69) is 180 Å². The predicted molar refractivity (Wildman–Crippen MR) is 445 cm³/mol. The molecule has 0 aliphatic rings. The molecule has 0 aliphatic carbocycles. The Kier molecular flexibility index (Phi) is 75.0. The number of esters is 4. The molecule has 0 aliphatic heterocycles. The monoisotopic (exact) mass is 1550 g/mol. The number of aliphatic hydroxyl groups is 1. The Bertz CT molecular complexity index is 2760. The van der Waals surface area contributed by atoms with Crippen LogP contribution in [0.15, 0.2) is 182 Å². The average molecular weight is 1550 g/mol. The normalized spacial score (nSPS) is 14.8. The molecule has 0 saturated heterocycles. The van der Waals surface area contributed by atoms with Crippen molar-refractivity contribution in [1.82, 2.24) is 0 Å². The zero-order valence-electron chi connectivity index (χ0n) is 66.9. The van der Waals surface area contributed by atoms with E-state index in [1.54, 1.807) is 0 Å². The number of rotatable bonds is 75. The van der Waals surface area contributed by atoms with Crippen molar-refractivity contribution in [1.29, 1.82) is 0 Å². The molecule has 17 nitrogen and oxygen atoms in total. The third-order valence-electron chi connectivity index (χ3n) is 16.4. The number of hydrogen-bond acceptors (Lipinski definition) is 15. The van der Waals surface area contributed by atoms with E-state index in [0.717, 1.165) is 154 Å². The van der Waals surface area contributed by atoms with E-state index >= 15 is 0 Å². The van der Waals surface area contributed by atoms with Crippen molar-refractivity contribution in [2.45, 2.75) is 316 Å². The lowest BCUT2D eigenvalue weighted by atomic mass is 10.0. The molecule has 19 heteroatoms. The van der Waals surface area contributed by atoms with Crippen molar-refractivity contribution >= 4 is 39.5 Å². The Balaban J connectivity index is 5.49. The fraction of sp³-hybridized carbons (Fsp3) is 0.618. The molecule has 5 atom stereocenters. The molecule has 0 bridgehead atoms. The fourth-order valence-electron chi connectivity index (χ4n) is 10.3. The first-order chi connectivity index (χ1) is 52.7. The minimum atomic E-state index is -5.01. The summed E-state index contributed by atoms with van der Waals surface area (Å²) in [4.78, 5) is 73.1. The van der Waals surface area contributed by atoms with E-state index in [0.29, 0.717) is 38.5 Å². The molecule has 0 spiro atoms. The first-order valence-electron chi connectivity index (χ1n) is 41.0. The van der Waals surface area contributed by atoms with Crippen LogP contribution in [0.25, 0.3) is 0 Å². The van der Waals surface area contributed by atoms with Gasteiger partial charge < -0.3 is 33.8 Å². The van der Waals surface area contributed by atoms with Crippen molar-refractivity contribution in [2.75, 3.05) is 39.6 Å². The average Bonchev–Trinajstić information content (AvgIpc) is 0.916. The largest absolute Gasteiger partial charge is 0.472 e. The molecule has 0 aromatic rings. The smallest absolute Gasteiger partial charge is 0.462 e. The molecular formula is C89H144O17P2. The number of phosphoric ester groups is 2. The van der Waals surface area contributed by atoms with Gasteiger partial charge in [-0.15, -0.1) is 0 Å². The van der Waals surface area contributed by atoms with Gasteiger partial charge >= 0.3 is 39.5 Å². The van der Waals surface area contributed by atoms with Crippen LogP contribution in [0, 0.1) is 0 Å². The first kappa shape index (κ1) is 102. The van der Waals surface area contributed by atoms with Gasteiger partial charge in [-0.05, 0) is 141 Å². The summed E-state index contributed by atoms with van der Waals surface area (Å²) in [6, 6.07) is 0. The second-order valence-corrected chi connectivity index (χ2v) is 29.5. The van der Waals surface area contributed by atoms with Gasteiger partial charge in [-0.3, -0.25) is 37.3 Å². The van der Waals surface area contributed by atoms with Crippen molar-refractivity contribution in [2.24, 2.45) is 0 Å². The van der Waals surface area contributed by atoms with Gasteiger partial charge in [-0.2, -0.15) is 0 Å². The standard InChI is InChI=1S/C89H144O17P2/c1-5-9-13-17-21-25-29-33-36-39-41-44-46-50-53-57-61-65-69-73-86(91)99-79-84(105-88(93)75-71-67-63-59-55-49-32-28-24-20-16-12-8-4)81-103-107(95,96)101-77-83(90)78-102-108(97,98)104-82-85(106-89(94)76-72-68-64-60-56-52-48-43-38-35-31-27-23-19-15-11-7-3)80-100-87(92)74-70-66-62-58-54-51-47-45-42-40-37-34-30-26-22-18-14-10-6-2/h9-11,13-15,21-23,25-27,33-38,41-42,44-45,48,50,52-53,60-61,64-65,83-85,90H,5-8,12,16-20,24,28-32,39-40,43,46-47,49,51,54-59,62-63,66-82H2,1-4H3,(H,95,96)(H,97,98)/b13-9-,14-10-,15-11-,25-21-,26-22-,27-23-,36-33-,37-34-,38-35-,44-41-,45-42-,52-48-,53-50-,64-60-,65-61-. The number of phosphoric acid groups is 2. The van der Waals surface area contributed by atoms with E-state index in [4.69, 9.17) is 37.0 Å².